The average Bonchev–Trinajstić information content (AvgIpc) is 3.02. The second-order valence-electron chi connectivity index (χ2n) is 6.88. The van der Waals surface area contributed by atoms with Gasteiger partial charge in [-0.05, 0) is 33.1 Å². The maximum absolute atomic E-state index is 11.1. The van der Waals surface area contributed by atoms with Gasteiger partial charge < -0.3 is 14.2 Å². The van der Waals surface area contributed by atoms with E-state index in [1.54, 1.807) is 13.2 Å². The monoisotopic (exact) mass is 315 g/mol. The van der Waals surface area contributed by atoms with E-state index in [4.69, 9.17) is 14.2 Å². The third-order valence-electron chi connectivity index (χ3n) is 5.29. The van der Waals surface area contributed by atoms with Gasteiger partial charge in [0.2, 0.25) is 6.08 Å². The summed E-state index contributed by atoms with van der Waals surface area (Å²) in [5.74, 6) is 2.47. The van der Waals surface area contributed by atoms with Crippen molar-refractivity contribution < 1.29 is 19.0 Å². The number of isocyanates is 1. The molecule has 23 heavy (non-hydrogen) atoms. The van der Waals surface area contributed by atoms with Crippen LogP contribution in [0.5, 0.6) is 17.2 Å². The Morgan fingerprint density at radius 2 is 1.78 bits per heavy atom. The fourth-order valence-corrected chi connectivity index (χ4v) is 4.20. The Balaban J connectivity index is 2.01. The molecule has 1 aromatic carbocycles. The Bertz CT molecular complexity index is 677. The number of aliphatic imine (C=N–C) groups is 1. The Kier molecular flexibility index (Phi) is 3.17. The third-order valence-corrected chi connectivity index (χ3v) is 5.29. The second kappa shape index (κ2) is 5.00. The van der Waals surface area contributed by atoms with E-state index in [1.807, 2.05) is 13.8 Å². The molecule has 2 unspecified atom stereocenters. The Morgan fingerprint density at radius 3 is 2.35 bits per heavy atom. The molecule has 5 heteroatoms. The first kappa shape index (κ1) is 14.6. The number of hydrogen-bond donors (Lipinski definition) is 0. The SMILES string of the molecule is COc1c2c(c(C3(N=C=O)CCC3)c3c1OC(C)C3)OC(C)C2. The molecule has 1 saturated carbocycles. The molecule has 0 spiro atoms. The topological polar surface area (TPSA) is 57.1 Å². The van der Waals surface area contributed by atoms with E-state index < -0.39 is 5.54 Å². The quantitative estimate of drug-likeness (QED) is 0.635. The zero-order valence-corrected chi connectivity index (χ0v) is 13.8. The van der Waals surface area contributed by atoms with E-state index in [0.717, 1.165) is 66.0 Å². The Hall–Kier alpha value is -2.00. The van der Waals surface area contributed by atoms with Crippen LogP contribution >= 0.6 is 0 Å². The summed E-state index contributed by atoms with van der Waals surface area (Å²) >= 11 is 0. The number of carbonyl (C=O) groups excluding carboxylic acids is 1. The van der Waals surface area contributed by atoms with Crippen LogP contribution in [0.1, 0.15) is 49.8 Å². The number of benzene rings is 1. The van der Waals surface area contributed by atoms with Gasteiger partial charge in [-0.15, -0.1) is 0 Å². The summed E-state index contributed by atoms with van der Waals surface area (Å²) in [6.45, 7) is 4.10. The minimum absolute atomic E-state index is 0.0925. The maximum atomic E-state index is 11.1. The molecule has 0 aromatic heterocycles. The molecule has 0 radical (unpaired) electrons. The number of rotatable bonds is 3. The molecule has 2 aliphatic heterocycles. The largest absolute Gasteiger partial charge is 0.492 e. The zero-order chi connectivity index (χ0) is 16.2. The van der Waals surface area contributed by atoms with Crippen molar-refractivity contribution in [2.75, 3.05) is 7.11 Å². The summed E-state index contributed by atoms with van der Waals surface area (Å²) in [4.78, 5) is 15.3. The molecular weight excluding hydrogens is 294 g/mol. The molecular formula is C18H21NO4. The van der Waals surface area contributed by atoms with Crippen molar-refractivity contribution in [3.05, 3.63) is 16.7 Å². The van der Waals surface area contributed by atoms with Gasteiger partial charge in [0.25, 0.3) is 0 Å². The molecule has 122 valence electrons. The summed E-state index contributed by atoms with van der Waals surface area (Å²) in [6.07, 6.45) is 6.34. The minimum Gasteiger partial charge on any atom is -0.492 e. The van der Waals surface area contributed by atoms with Crippen LogP contribution in [0, 0.1) is 0 Å². The normalized spacial score (nSPS) is 26.2. The van der Waals surface area contributed by atoms with Crippen molar-refractivity contribution in [3.63, 3.8) is 0 Å². The molecule has 1 aromatic rings. The summed E-state index contributed by atoms with van der Waals surface area (Å²) in [5, 5.41) is 0. The van der Waals surface area contributed by atoms with Crippen LogP contribution in [0.15, 0.2) is 4.99 Å². The molecule has 0 saturated heterocycles. The fraction of sp³-hybridized carbons (Fsp3) is 0.611. The first-order valence-corrected chi connectivity index (χ1v) is 8.28. The Labute approximate surface area is 135 Å². The molecule has 0 amide bonds. The minimum atomic E-state index is -0.486. The van der Waals surface area contributed by atoms with Crippen molar-refractivity contribution in [2.45, 2.75) is 63.7 Å². The van der Waals surface area contributed by atoms with E-state index in [2.05, 4.69) is 4.99 Å². The van der Waals surface area contributed by atoms with Crippen LogP contribution in [-0.4, -0.2) is 25.4 Å². The predicted octanol–water partition coefficient (Wildman–Crippen LogP) is 3.06. The summed E-state index contributed by atoms with van der Waals surface area (Å²) in [5.41, 5.74) is 2.71. The van der Waals surface area contributed by atoms with Crippen LogP contribution in [0.2, 0.25) is 0 Å². The van der Waals surface area contributed by atoms with Crippen molar-refractivity contribution >= 4 is 6.08 Å². The fourth-order valence-electron chi connectivity index (χ4n) is 4.20. The summed E-state index contributed by atoms with van der Waals surface area (Å²) < 4.78 is 17.9. The van der Waals surface area contributed by atoms with Crippen LogP contribution in [0.4, 0.5) is 0 Å². The maximum Gasteiger partial charge on any atom is 0.235 e. The van der Waals surface area contributed by atoms with E-state index in [-0.39, 0.29) is 12.2 Å². The van der Waals surface area contributed by atoms with Gasteiger partial charge in [-0.3, -0.25) is 0 Å². The standard InChI is InChI=1S/C18H21NO4/c1-10-7-12-14(18(19-9-20)5-4-6-18)15-13(8-11(2)22-15)16(21-3)17(12)23-10/h10-11H,4-8H2,1-3H3. The van der Waals surface area contributed by atoms with E-state index in [1.165, 1.54) is 0 Å². The number of ether oxygens (including phenoxy) is 3. The van der Waals surface area contributed by atoms with Gasteiger partial charge in [-0.25, -0.2) is 4.79 Å². The first-order chi connectivity index (χ1) is 11.1. The van der Waals surface area contributed by atoms with Crippen LogP contribution in [0.25, 0.3) is 0 Å². The number of fused-ring (bicyclic) bond motifs is 2. The van der Waals surface area contributed by atoms with Gasteiger partial charge in [-0.2, -0.15) is 4.99 Å². The van der Waals surface area contributed by atoms with E-state index in [9.17, 15) is 4.79 Å². The lowest BCUT2D eigenvalue weighted by molar-refractivity contribution is 0.219. The smallest absolute Gasteiger partial charge is 0.235 e. The van der Waals surface area contributed by atoms with Crippen molar-refractivity contribution in [1.82, 2.24) is 0 Å². The molecule has 0 bridgehead atoms. The molecule has 2 heterocycles. The van der Waals surface area contributed by atoms with Crippen molar-refractivity contribution in [2.24, 2.45) is 4.99 Å². The summed E-state index contributed by atoms with van der Waals surface area (Å²) in [6, 6.07) is 0. The number of methoxy groups -OCH3 is 1. The van der Waals surface area contributed by atoms with Gasteiger partial charge in [0, 0.05) is 29.5 Å². The highest BCUT2D eigenvalue weighted by Gasteiger charge is 2.48. The number of hydrogen-bond acceptors (Lipinski definition) is 5. The highest BCUT2D eigenvalue weighted by Crippen LogP contribution is 2.58. The van der Waals surface area contributed by atoms with Gasteiger partial charge in [0.05, 0.1) is 7.11 Å². The molecule has 4 rings (SSSR count). The van der Waals surface area contributed by atoms with E-state index >= 15 is 0 Å². The van der Waals surface area contributed by atoms with E-state index in [0.29, 0.717) is 0 Å². The van der Waals surface area contributed by atoms with Crippen LogP contribution < -0.4 is 14.2 Å². The third kappa shape index (κ3) is 1.93. The van der Waals surface area contributed by atoms with Gasteiger partial charge in [0.15, 0.2) is 11.5 Å². The molecule has 3 aliphatic rings. The molecule has 1 aliphatic carbocycles. The lowest BCUT2D eigenvalue weighted by Gasteiger charge is -2.39. The highest BCUT2D eigenvalue weighted by atomic mass is 16.5. The van der Waals surface area contributed by atoms with Crippen molar-refractivity contribution in [1.29, 1.82) is 0 Å². The predicted molar refractivity (Wildman–Crippen MR) is 84.2 cm³/mol. The van der Waals surface area contributed by atoms with Crippen LogP contribution in [0.3, 0.4) is 0 Å². The Morgan fingerprint density at radius 1 is 1.13 bits per heavy atom. The lowest BCUT2D eigenvalue weighted by Crippen LogP contribution is -2.33. The van der Waals surface area contributed by atoms with Gasteiger partial charge in [0.1, 0.15) is 23.5 Å². The average molecular weight is 315 g/mol. The van der Waals surface area contributed by atoms with Gasteiger partial charge >= 0.3 is 0 Å². The van der Waals surface area contributed by atoms with Gasteiger partial charge in [-0.1, -0.05) is 0 Å². The number of nitrogens with zero attached hydrogens (tertiary/aromatic N) is 1. The van der Waals surface area contributed by atoms with Crippen molar-refractivity contribution in [3.8, 4) is 17.2 Å². The molecule has 5 nitrogen and oxygen atoms in total. The second-order valence-corrected chi connectivity index (χ2v) is 6.88. The lowest BCUT2D eigenvalue weighted by atomic mass is 9.69. The molecule has 2 atom stereocenters. The zero-order valence-electron chi connectivity index (χ0n) is 13.8. The highest BCUT2D eigenvalue weighted by molar-refractivity contribution is 5.68. The van der Waals surface area contributed by atoms with Crippen LogP contribution in [-0.2, 0) is 23.2 Å². The molecule has 1 fully saturated rings. The summed E-state index contributed by atoms with van der Waals surface area (Å²) in [7, 11) is 1.67. The molecule has 0 N–H and O–H groups in total. The first-order valence-electron chi connectivity index (χ1n) is 8.28.